The van der Waals surface area contributed by atoms with Crippen LogP contribution >= 0.6 is 0 Å². The van der Waals surface area contributed by atoms with Crippen molar-refractivity contribution in [3.8, 4) is 22.9 Å². The number of nitriles is 1. The second-order valence-electron chi connectivity index (χ2n) is 8.30. The molecule has 6 nitrogen and oxygen atoms in total. The first-order valence-corrected chi connectivity index (χ1v) is 11.5. The minimum absolute atomic E-state index is 0.174. The Morgan fingerprint density at radius 2 is 1.47 bits per heavy atom. The number of ether oxygens (including phenoxy) is 1. The number of oxazole rings is 1. The predicted octanol–water partition coefficient (Wildman–Crippen LogP) is 5.11. The maximum Gasteiger partial charge on any atom is 0.236 e. The molecule has 34 heavy (non-hydrogen) atoms. The van der Waals surface area contributed by atoms with Crippen molar-refractivity contribution in [1.82, 2.24) is 9.88 Å². The molecule has 0 N–H and O–H groups in total. The average Bonchev–Trinajstić information content (AvgIpc) is 3.33. The normalized spacial score (nSPS) is 14.0. The molecule has 1 aliphatic rings. The van der Waals surface area contributed by atoms with Gasteiger partial charge in [-0.3, -0.25) is 4.90 Å². The third-order valence-electron chi connectivity index (χ3n) is 5.99. The van der Waals surface area contributed by atoms with Crippen LogP contribution in [0.2, 0.25) is 0 Å². The second kappa shape index (κ2) is 10.2. The lowest BCUT2D eigenvalue weighted by Crippen LogP contribution is -2.46. The van der Waals surface area contributed by atoms with Crippen LogP contribution in [0.4, 0.5) is 5.88 Å². The molecule has 0 unspecified atom stereocenters. The minimum atomic E-state index is 0.174. The fourth-order valence-electron chi connectivity index (χ4n) is 4.17. The Labute approximate surface area is 199 Å². The lowest BCUT2D eigenvalue weighted by atomic mass is 10.1. The minimum Gasteiger partial charge on any atom is -0.484 e. The summed E-state index contributed by atoms with van der Waals surface area (Å²) in [7, 11) is 0. The van der Waals surface area contributed by atoms with Crippen molar-refractivity contribution < 1.29 is 9.15 Å². The molecule has 1 saturated heterocycles. The van der Waals surface area contributed by atoms with E-state index in [9.17, 15) is 5.26 Å². The van der Waals surface area contributed by atoms with Gasteiger partial charge in [-0.2, -0.15) is 10.2 Å². The van der Waals surface area contributed by atoms with E-state index in [1.807, 2.05) is 48.5 Å². The third-order valence-corrected chi connectivity index (χ3v) is 5.99. The largest absolute Gasteiger partial charge is 0.484 e. The highest BCUT2D eigenvalue weighted by molar-refractivity contribution is 5.63. The standard InChI is InChI=1S/C28H26N4O2/c29-19-26-28(32-17-15-31(16-18-32)20-22-7-3-1-4-8-22)34-27(30-26)21-33-25-13-11-24(12-14-25)23-9-5-2-6-10-23/h1-14H,15-18,20-21H2. The average molecular weight is 451 g/mol. The fourth-order valence-corrected chi connectivity index (χ4v) is 4.17. The predicted molar refractivity (Wildman–Crippen MR) is 131 cm³/mol. The molecule has 0 saturated carbocycles. The van der Waals surface area contributed by atoms with Crippen molar-refractivity contribution in [3.05, 3.63) is 102 Å². The zero-order valence-electron chi connectivity index (χ0n) is 18.9. The van der Waals surface area contributed by atoms with E-state index in [2.05, 4.69) is 57.3 Å². The first kappa shape index (κ1) is 21.7. The molecule has 4 aromatic rings. The molecule has 0 atom stereocenters. The van der Waals surface area contributed by atoms with Gasteiger partial charge in [-0.05, 0) is 28.8 Å². The Morgan fingerprint density at radius 1 is 0.824 bits per heavy atom. The number of benzene rings is 3. The Morgan fingerprint density at radius 3 is 2.15 bits per heavy atom. The molecule has 1 aliphatic heterocycles. The van der Waals surface area contributed by atoms with Gasteiger partial charge in [0.2, 0.25) is 17.5 Å². The van der Waals surface area contributed by atoms with Crippen molar-refractivity contribution in [3.63, 3.8) is 0 Å². The number of piperazine rings is 1. The molecule has 2 heterocycles. The van der Waals surface area contributed by atoms with Crippen molar-refractivity contribution in [1.29, 1.82) is 5.26 Å². The lowest BCUT2D eigenvalue weighted by Gasteiger charge is -2.34. The van der Waals surface area contributed by atoms with Crippen LogP contribution in [0, 0.1) is 11.3 Å². The molecule has 0 bridgehead atoms. The maximum atomic E-state index is 9.58. The zero-order valence-corrected chi connectivity index (χ0v) is 18.9. The molecule has 1 fully saturated rings. The second-order valence-corrected chi connectivity index (χ2v) is 8.30. The van der Waals surface area contributed by atoms with Crippen LogP contribution in [0.5, 0.6) is 5.75 Å². The van der Waals surface area contributed by atoms with Gasteiger partial charge in [-0.15, -0.1) is 0 Å². The number of hydrogen-bond acceptors (Lipinski definition) is 6. The summed E-state index contributed by atoms with van der Waals surface area (Å²) in [5.41, 5.74) is 3.91. The van der Waals surface area contributed by atoms with Crippen molar-refractivity contribution >= 4 is 5.88 Å². The van der Waals surface area contributed by atoms with Crippen LogP contribution in [-0.4, -0.2) is 36.1 Å². The molecular formula is C28H26N4O2. The fraction of sp³-hybridized carbons (Fsp3) is 0.214. The zero-order chi connectivity index (χ0) is 23.2. The van der Waals surface area contributed by atoms with E-state index in [0.717, 1.165) is 49.6 Å². The van der Waals surface area contributed by atoms with Gasteiger partial charge in [0.05, 0.1) is 0 Å². The Bertz CT molecular complexity index is 1240. The van der Waals surface area contributed by atoms with Crippen LogP contribution in [-0.2, 0) is 13.2 Å². The van der Waals surface area contributed by atoms with Crippen molar-refractivity contribution in [2.45, 2.75) is 13.2 Å². The van der Waals surface area contributed by atoms with E-state index < -0.39 is 0 Å². The van der Waals surface area contributed by atoms with E-state index in [1.54, 1.807) is 0 Å². The van der Waals surface area contributed by atoms with Gasteiger partial charge in [0, 0.05) is 32.7 Å². The van der Waals surface area contributed by atoms with Gasteiger partial charge >= 0.3 is 0 Å². The Kier molecular flexibility index (Phi) is 6.55. The number of rotatable bonds is 7. The number of aromatic nitrogens is 1. The molecule has 0 radical (unpaired) electrons. The summed E-state index contributed by atoms with van der Waals surface area (Å²) >= 11 is 0. The number of hydrogen-bond donors (Lipinski definition) is 0. The van der Waals surface area contributed by atoms with E-state index in [-0.39, 0.29) is 6.61 Å². The third kappa shape index (κ3) is 5.11. The lowest BCUT2D eigenvalue weighted by molar-refractivity contribution is 0.240. The summed E-state index contributed by atoms with van der Waals surface area (Å²) in [6, 6.07) is 30.8. The highest BCUT2D eigenvalue weighted by Gasteiger charge is 2.24. The molecule has 0 aliphatic carbocycles. The molecule has 3 aromatic carbocycles. The highest BCUT2D eigenvalue weighted by Crippen LogP contribution is 2.26. The summed E-state index contributed by atoms with van der Waals surface area (Å²) in [5.74, 6) is 1.68. The molecule has 5 rings (SSSR count). The topological polar surface area (TPSA) is 65.5 Å². The SMILES string of the molecule is N#Cc1nc(COc2ccc(-c3ccccc3)cc2)oc1N1CCN(Cc2ccccc2)CC1. The van der Waals surface area contributed by atoms with Crippen LogP contribution in [0.15, 0.2) is 89.3 Å². The van der Waals surface area contributed by atoms with Crippen molar-refractivity contribution in [2.24, 2.45) is 0 Å². The highest BCUT2D eigenvalue weighted by atomic mass is 16.5. The van der Waals surface area contributed by atoms with Crippen LogP contribution in [0.1, 0.15) is 17.1 Å². The summed E-state index contributed by atoms with van der Waals surface area (Å²) in [6.07, 6.45) is 0. The Hall–Kier alpha value is -4.08. The smallest absolute Gasteiger partial charge is 0.236 e. The van der Waals surface area contributed by atoms with Gasteiger partial charge < -0.3 is 14.1 Å². The van der Waals surface area contributed by atoms with Crippen molar-refractivity contribution in [2.75, 3.05) is 31.1 Å². The first-order valence-electron chi connectivity index (χ1n) is 11.5. The molecule has 0 spiro atoms. The van der Waals surface area contributed by atoms with E-state index in [4.69, 9.17) is 9.15 Å². The first-order chi connectivity index (χ1) is 16.8. The molecule has 1 aromatic heterocycles. The molecule has 170 valence electrons. The van der Waals surface area contributed by atoms with Gasteiger partial charge in [-0.1, -0.05) is 72.8 Å². The summed E-state index contributed by atoms with van der Waals surface area (Å²) in [5, 5.41) is 9.58. The van der Waals surface area contributed by atoms with Gasteiger partial charge in [0.1, 0.15) is 11.8 Å². The molecule has 6 heteroatoms. The van der Waals surface area contributed by atoms with E-state index in [0.29, 0.717) is 17.5 Å². The summed E-state index contributed by atoms with van der Waals surface area (Å²) in [4.78, 5) is 8.88. The quantitative estimate of drug-likeness (QED) is 0.390. The number of nitrogens with zero attached hydrogens (tertiary/aromatic N) is 4. The molecular weight excluding hydrogens is 424 g/mol. The van der Waals surface area contributed by atoms with E-state index >= 15 is 0 Å². The van der Waals surface area contributed by atoms with Crippen LogP contribution < -0.4 is 9.64 Å². The van der Waals surface area contributed by atoms with Gasteiger partial charge in [0.15, 0.2) is 6.61 Å². The number of anilines is 1. The Balaban J connectivity index is 1.18. The van der Waals surface area contributed by atoms with Gasteiger partial charge in [-0.25, -0.2) is 0 Å². The maximum absolute atomic E-state index is 9.58. The summed E-state index contributed by atoms with van der Waals surface area (Å²) in [6.45, 7) is 4.49. The van der Waals surface area contributed by atoms with Gasteiger partial charge in [0.25, 0.3) is 0 Å². The monoisotopic (exact) mass is 450 g/mol. The molecule has 0 amide bonds. The summed E-state index contributed by atoms with van der Waals surface area (Å²) < 4.78 is 11.8. The van der Waals surface area contributed by atoms with E-state index in [1.165, 1.54) is 5.56 Å². The van der Waals surface area contributed by atoms with Crippen LogP contribution in [0.25, 0.3) is 11.1 Å². The van der Waals surface area contributed by atoms with Crippen LogP contribution in [0.3, 0.4) is 0 Å².